The van der Waals surface area contributed by atoms with E-state index in [1.165, 1.54) is 26.0 Å². The minimum atomic E-state index is -3.34. The predicted molar refractivity (Wildman–Crippen MR) is 133 cm³/mol. The van der Waals surface area contributed by atoms with Crippen molar-refractivity contribution in [1.82, 2.24) is 4.98 Å². The molecule has 0 fully saturated rings. The number of carboxylic acid groups (broad SMARTS) is 1. The third-order valence-corrected chi connectivity index (χ3v) is 6.76. The molecule has 4 aromatic rings. The summed E-state index contributed by atoms with van der Waals surface area (Å²) < 4.78 is 29.1. The zero-order valence-corrected chi connectivity index (χ0v) is 20.2. The van der Waals surface area contributed by atoms with Gasteiger partial charge in [0.2, 0.25) is 0 Å². The fourth-order valence-corrected chi connectivity index (χ4v) is 4.13. The monoisotopic (exact) mass is 492 g/mol. The summed E-state index contributed by atoms with van der Waals surface area (Å²) in [5, 5.41) is 12.3. The van der Waals surface area contributed by atoms with Gasteiger partial charge >= 0.3 is 5.97 Å². The van der Waals surface area contributed by atoms with Crippen LogP contribution in [0.5, 0.6) is 0 Å². The Morgan fingerprint density at radius 1 is 0.971 bits per heavy atom. The zero-order chi connectivity index (χ0) is 25.4. The van der Waals surface area contributed by atoms with Crippen molar-refractivity contribution in [2.45, 2.75) is 25.2 Å². The molecular weight excluding hydrogens is 468 g/mol. The number of carboxylic acids is 1. The van der Waals surface area contributed by atoms with Gasteiger partial charge in [-0.05, 0) is 55.3 Å². The van der Waals surface area contributed by atoms with Gasteiger partial charge in [-0.2, -0.15) is 4.98 Å². The number of sulfone groups is 1. The molecule has 2 N–H and O–H groups in total. The number of hydrogen-bond donors (Lipinski definition) is 2. The van der Waals surface area contributed by atoms with Crippen LogP contribution in [0.25, 0.3) is 22.2 Å². The van der Waals surface area contributed by atoms with Gasteiger partial charge in [0.25, 0.3) is 6.01 Å². The van der Waals surface area contributed by atoms with E-state index in [4.69, 9.17) is 4.42 Å². The quantitative estimate of drug-likeness (QED) is 0.316. The lowest BCUT2D eigenvalue weighted by Crippen LogP contribution is -2.26. The van der Waals surface area contributed by atoms with E-state index in [0.29, 0.717) is 16.7 Å². The van der Waals surface area contributed by atoms with Gasteiger partial charge < -0.3 is 14.8 Å². The maximum atomic E-state index is 12.4. The summed E-state index contributed by atoms with van der Waals surface area (Å²) in [6.07, 6.45) is 1.06. The molecule has 0 saturated heterocycles. The molecule has 180 valence electrons. The van der Waals surface area contributed by atoms with Crippen LogP contribution < -0.4 is 5.32 Å². The molecule has 0 saturated carbocycles. The van der Waals surface area contributed by atoms with Gasteiger partial charge in [0, 0.05) is 23.9 Å². The standard InChI is InChI=1S/C26H24N2O6S/c1-26(2,24(30)31)15-22(29)18-6-4-16(5-7-18)17-8-10-19(11-9-17)27-25-28-21-14-20(35(3,32)33)12-13-23(21)34-25/h4-14H,15H2,1-3H3,(H,27,28)(H,30,31). The molecule has 4 rings (SSSR count). The molecule has 1 heterocycles. The van der Waals surface area contributed by atoms with Crippen molar-refractivity contribution in [2.75, 3.05) is 11.6 Å². The normalized spacial score (nSPS) is 12.0. The second kappa shape index (κ2) is 8.99. The molecule has 0 atom stereocenters. The maximum absolute atomic E-state index is 12.4. The zero-order valence-electron chi connectivity index (χ0n) is 19.4. The smallest absolute Gasteiger partial charge is 0.309 e. The van der Waals surface area contributed by atoms with Crippen LogP contribution in [-0.4, -0.2) is 36.5 Å². The van der Waals surface area contributed by atoms with Crippen LogP contribution in [0, 0.1) is 5.41 Å². The third kappa shape index (κ3) is 5.41. The van der Waals surface area contributed by atoms with Gasteiger partial charge in [-0.3, -0.25) is 9.59 Å². The molecule has 0 aliphatic carbocycles. The first-order valence-electron chi connectivity index (χ1n) is 10.8. The number of fused-ring (bicyclic) bond motifs is 1. The van der Waals surface area contributed by atoms with Crippen molar-refractivity contribution < 1.29 is 27.5 Å². The lowest BCUT2D eigenvalue weighted by atomic mass is 9.85. The number of Topliss-reactive ketones (excluding diaryl/α,β-unsaturated/α-hetero) is 1. The number of nitrogens with one attached hydrogen (secondary N) is 1. The number of aliphatic carboxylic acids is 1. The Hall–Kier alpha value is -3.98. The summed E-state index contributed by atoms with van der Waals surface area (Å²) >= 11 is 0. The number of oxazole rings is 1. The Kier molecular flexibility index (Phi) is 6.21. The van der Waals surface area contributed by atoms with Crippen LogP contribution in [0.3, 0.4) is 0 Å². The van der Waals surface area contributed by atoms with Crippen LogP contribution >= 0.6 is 0 Å². The second-order valence-corrected chi connectivity index (χ2v) is 11.0. The Morgan fingerprint density at radius 3 is 2.14 bits per heavy atom. The summed E-state index contributed by atoms with van der Waals surface area (Å²) in [7, 11) is -3.34. The first-order valence-corrected chi connectivity index (χ1v) is 12.7. The minimum Gasteiger partial charge on any atom is -0.481 e. The number of ketones is 1. The summed E-state index contributed by atoms with van der Waals surface area (Å²) in [4.78, 5) is 28.2. The molecule has 9 heteroatoms. The van der Waals surface area contributed by atoms with Crippen LogP contribution in [0.1, 0.15) is 30.6 Å². The number of carbonyl (C=O) groups is 2. The van der Waals surface area contributed by atoms with Gasteiger partial charge in [-0.1, -0.05) is 36.4 Å². The first kappa shape index (κ1) is 24.2. The molecule has 0 aliphatic rings. The average molecular weight is 493 g/mol. The van der Waals surface area contributed by atoms with Crippen LogP contribution in [0.2, 0.25) is 0 Å². The molecule has 1 aromatic heterocycles. The number of aromatic nitrogens is 1. The van der Waals surface area contributed by atoms with Crippen molar-refractivity contribution in [3.63, 3.8) is 0 Å². The topological polar surface area (TPSA) is 127 Å². The van der Waals surface area contributed by atoms with Gasteiger partial charge in [0.15, 0.2) is 21.2 Å². The van der Waals surface area contributed by atoms with E-state index in [-0.39, 0.29) is 23.1 Å². The molecule has 3 aromatic carbocycles. The SMILES string of the molecule is CC(C)(CC(=O)c1ccc(-c2ccc(Nc3nc4cc(S(C)(=O)=O)ccc4o3)cc2)cc1)C(=O)O. The highest BCUT2D eigenvalue weighted by Crippen LogP contribution is 2.28. The van der Waals surface area contributed by atoms with E-state index in [2.05, 4.69) is 10.3 Å². The lowest BCUT2D eigenvalue weighted by molar-refractivity contribution is -0.146. The Bertz CT molecular complexity index is 1520. The highest BCUT2D eigenvalue weighted by Gasteiger charge is 2.30. The Balaban J connectivity index is 1.46. The van der Waals surface area contributed by atoms with Gasteiger partial charge in [-0.25, -0.2) is 8.42 Å². The van der Waals surface area contributed by atoms with Crippen LogP contribution in [0.15, 0.2) is 76.0 Å². The van der Waals surface area contributed by atoms with Crippen molar-refractivity contribution in [1.29, 1.82) is 0 Å². The van der Waals surface area contributed by atoms with E-state index >= 15 is 0 Å². The van der Waals surface area contributed by atoms with Crippen molar-refractivity contribution in [3.8, 4) is 11.1 Å². The van der Waals surface area contributed by atoms with Crippen molar-refractivity contribution in [3.05, 3.63) is 72.3 Å². The molecule has 35 heavy (non-hydrogen) atoms. The van der Waals surface area contributed by atoms with Gasteiger partial charge in [-0.15, -0.1) is 0 Å². The fraction of sp³-hybridized carbons (Fsp3) is 0.192. The van der Waals surface area contributed by atoms with Gasteiger partial charge in [0.05, 0.1) is 10.3 Å². The molecule has 0 aliphatic heterocycles. The summed E-state index contributed by atoms with van der Waals surface area (Å²) in [5.41, 5.74) is 2.81. The van der Waals surface area contributed by atoms with Crippen LogP contribution in [-0.2, 0) is 14.6 Å². The highest BCUT2D eigenvalue weighted by atomic mass is 32.2. The molecule has 8 nitrogen and oxygen atoms in total. The minimum absolute atomic E-state index is 0.0760. The number of rotatable bonds is 8. The average Bonchev–Trinajstić information content (AvgIpc) is 3.20. The number of hydrogen-bond acceptors (Lipinski definition) is 7. The molecule has 0 radical (unpaired) electrons. The number of anilines is 2. The fourth-order valence-electron chi connectivity index (χ4n) is 3.49. The summed E-state index contributed by atoms with van der Waals surface area (Å²) in [5.74, 6) is -1.22. The molecular formula is C26H24N2O6S. The Morgan fingerprint density at radius 2 is 1.57 bits per heavy atom. The summed E-state index contributed by atoms with van der Waals surface area (Å²) in [6.45, 7) is 3.07. The summed E-state index contributed by atoms with van der Waals surface area (Å²) in [6, 6.07) is 19.3. The van der Waals surface area contributed by atoms with E-state index in [0.717, 1.165) is 23.1 Å². The largest absolute Gasteiger partial charge is 0.481 e. The molecule has 0 bridgehead atoms. The lowest BCUT2D eigenvalue weighted by Gasteiger charge is -2.17. The van der Waals surface area contributed by atoms with Gasteiger partial charge in [0.1, 0.15) is 5.52 Å². The van der Waals surface area contributed by atoms with E-state index < -0.39 is 21.2 Å². The first-order chi connectivity index (χ1) is 16.4. The third-order valence-electron chi connectivity index (χ3n) is 5.65. The molecule has 0 spiro atoms. The van der Waals surface area contributed by atoms with Crippen LogP contribution in [0.4, 0.5) is 11.7 Å². The number of nitrogens with zero attached hydrogens (tertiary/aromatic N) is 1. The Labute approximate surface area is 202 Å². The highest BCUT2D eigenvalue weighted by molar-refractivity contribution is 7.90. The van der Waals surface area contributed by atoms with Crippen molar-refractivity contribution in [2.24, 2.45) is 5.41 Å². The van der Waals surface area contributed by atoms with E-state index in [1.807, 2.05) is 36.4 Å². The van der Waals surface area contributed by atoms with Crippen molar-refractivity contribution >= 4 is 44.4 Å². The number of benzene rings is 3. The number of carbonyl (C=O) groups excluding carboxylic acids is 1. The molecule has 0 amide bonds. The maximum Gasteiger partial charge on any atom is 0.309 e. The van der Waals surface area contributed by atoms with E-state index in [9.17, 15) is 23.1 Å². The van der Waals surface area contributed by atoms with E-state index in [1.54, 1.807) is 18.2 Å². The predicted octanol–water partition coefficient (Wildman–Crippen LogP) is 5.33. The second-order valence-electron chi connectivity index (χ2n) is 8.99. The molecule has 0 unspecified atom stereocenters.